The van der Waals surface area contributed by atoms with Crippen LogP contribution in [-0.2, 0) is 7.05 Å². The van der Waals surface area contributed by atoms with Crippen LogP contribution in [0.1, 0.15) is 0 Å². The van der Waals surface area contributed by atoms with Gasteiger partial charge < -0.3 is 8.98 Å². The van der Waals surface area contributed by atoms with Crippen molar-refractivity contribution in [2.24, 2.45) is 7.05 Å². The highest BCUT2D eigenvalue weighted by atomic mass is 28.3. The van der Waals surface area contributed by atoms with Gasteiger partial charge in [-0.15, -0.1) is 0 Å². The molecular weight excluding hydrogens is 254 g/mol. The lowest BCUT2D eigenvalue weighted by atomic mass is 10.2. The lowest BCUT2D eigenvalue weighted by molar-refractivity contribution is 0.651. The number of hydrogen-bond donors (Lipinski definition) is 0. The van der Waals surface area contributed by atoms with Gasteiger partial charge in [0, 0.05) is 12.4 Å². The van der Waals surface area contributed by atoms with Crippen LogP contribution in [0.15, 0.2) is 39.5 Å². The summed E-state index contributed by atoms with van der Waals surface area (Å²) in [5.74, 6) is 0. The highest BCUT2D eigenvalue weighted by Crippen LogP contribution is 2.23. The molecular formula is C15H17NO2Si. The monoisotopic (exact) mass is 271 g/mol. The number of nitrogens with zero attached hydrogens (tertiary/aromatic N) is 1. The van der Waals surface area contributed by atoms with Gasteiger partial charge in [0.2, 0.25) is 0 Å². The van der Waals surface area contributed by atoms with Crippen molar-refractivity contribution < 1.29 is 4.42 Å². The average Bonchev–Trinajstić information content (AvgIpc) is 2.81. The van der Waals surface area contributed by atoms with E-state index in [1.54, 1.807) is 4.57 Å². The second kappa shape index (κ2) is 3.84. The Hall–Kier alpha value is -1.81. The van der Waals surface area contributed by atoms with E-state index in [9.17, 15) is 4.79 Å². The molecule has 0 saturated heterocycles. The summed E-state index contributed by atoms with van der Waals surface area (Å²) in [7, 11) is 0.252. The molecule has 98 valence electrons. The van der Waals surface area contributed by atoms with Crippen molar-refractivity contribution in [2.45, 2.75) is 19.6 Å². The molecule has 4 heteroatoms. The SMILES string of the molecule is Cn1c(=O)c2cc([Si](C)(C)C)oc2c2ccccc21. The molecule has 1 aromatic carbocycles. The Balaban J connectivity index is 2.55. The predicted octanol–water partition coefficient (Wildman–Crippen LogP) is 2.83. The van der Waals surface area contributed by atoms with E-state index in [0.717, 1.165) is 21.9 Å². The van der Waals surface area contributed by atoms with E-state index in [-0.39, 0.29) is 5.56 Å². The van der Waals surface area contributed by atoms with Crippen molar-refractivity contribution >= 4 is 35.3 Å². The minimum absolute atomic E-state index is 0.0157. The molecule has 0 fully saturated rings. The van der Waals surface area contributed by atoms with Gasteiger partial charge >= 0.3 is 0 Å². The molecule has 0 saturated carbocycles. The van der Waals surface area contributed by atoms with Gasteiger partial charge in [0.1, 0.15) is 13.7 Å². The number of rotatable bonds is 1. The molecule has 0 radical (unpaired) electrons. The van der Waals surface area contributed by atoms with E-state index >= 15 is 0 Å². The lowest BCUT2D eigenvalue weighted by Crippen LogP contribution is -2.36. The Kier molecular flexibility index (Phi) is 2.47. The van der Waals surface area contributed by atoms with Crippen LogP contribution < -0.4 is 10.9 Å². The van der Waals surface area contributed by atoms with E-state index in [4.69, 9.17) is 4.42 Å². The molecule has 0 aliphatic carbocycles. The van der Waals surface area contributed by atoms with Crippen LogP contribution in [0.5, 0.6) is 0 Å². The summed E-state index contributed by atoms with van der Waals surface area (Å²) < 4.78 is 7.73. The predicted molar refractivity (Wildman–Crippen MR) is 81.9 cm³/mol. The largest absolute Gasteiger partial charge is 0.465 e. The molecule has 0 aliphatic rings. The van der Waals surface area contributed by atoms with Gasteiger partial charge in [-0.1, -0.05) is 31.8 Å². The van der Waals surface area contributed by atoms with Gasteiger partial charge in [-0.05, 0) is 18.2 Å². The molecule has 0 N–H and O–H groups in total. The fraction of sp³-hybridized carbons (Fsp3) is 0.267. The first-order chi connectivity index (χ1) is 8.89. The molecule has 2 heterocycles. The van der Waals surface area contributed by atoms with Crippen LogP contribution in [0.2, 0.25) is 19.6 Å². The van der Waals surface area contributed by atoms with Crippen molar-refractivity contribution in [1.82, 2.24) is 4.57 Å². The van der Waals surface area contributed by atoms with Gasteiger partial charge in [0.15, 0.2) is 0 Å². The van der Waals surface area contributed by atoms with Gasteiger partial charge in [-0.25, -0.2) is 0 Å². The highest BCUT2D eigenvalue weighted by Gasteiger charge is 2.23. The Morgan fingerprint density at radius 1 is 1.11 bits per heavy atom. The van der Waals surface area contributed by atoms with Crippen LogP contribution in [0.4, 0.5) is 0 Å². The summed E-state index contributed by atoms with van der Waals surface area (Å²) in [6.07, 6.45) is 0. The first-order valence-corrected chi connectivity index (χ1v) is 9.91. The zero-order valence-electron chi connectivity index (χ0n) is 11.7. The first-order valence-electron chi connectivity index (χ1n) is 6.41. The van der Waals surface area contributed by atoms with Crippen LogP contribution in [-0.4, -0.2) is 12.6 Å². The van der Waals surface area contributed by atoms with Gasteiger partial charge in [-0.2, -0.15) is 0 Å². The van der Waals surface area contributed by atoms with Crippen molar-refractivity contribution in [1.29, 1.82) is 0 Å². The fourth-order valence-electron chi connectivity index (χ4n) is 2.37. The number of aromatic nitrogens is 1. The Morgan fingerprint density at radius 2 is 1.79 bits per heavy atom. The van der Waals surface area contributed by atoms with Crippen LogP contribution >= 0.6 is 0 Å². The Labute approximate surface area is 112 Å². The summed E-state index contributed by atoms with van der Waals surface area (Å²) in [5, 5.41) is 2.68. The van der Waals surface area contributed by atoms with Crippen molar-refractivity contribution in [2.75, 3.05) is 0 Å². The van der Waals surface area contributed by atoms with E-state index in [2.05, 4.69) is 19.6 Å². The minimum atomic E-state index is -1.56. The summed E-state index contributed by atoms with van der Waals surface area (Å²) in [6, 6.07) is 9.82. The molecule has 3 aromatic rings. The van der Waals surface area contributed by atoms with E-state index < -0.39 is 8.07 Å². The number of aryl methyl sites for hydroxylation is 1. The zero-order valence-corrected chi connectivity index (χ0v) is 12.7. The molecule has 0 bridgehead atoms. The number of hydrogen-bond acceptors (Lipinski definition) is 2. The van der Waals surface area contributed by atoms with Gasteiger partial charge in [0.25, 0.3) is 5.56 Å². The zero-order chi connectivity index (χ0) is 13.8. The molecule has 3 rings (SSSR count). The highest BCUT2D eigenvalue weighted by molar-refractivity contribution is 6.87. The van der Waals surface area contributed by atoms with E-state index in [1.165, 1.54) is 0 Å². The van der Waals surface area contributed by atoms with E-state index in [0.29, 0.717) is 5.39 Å². The maximum absolute atomic E-state index is 12.4. The number of furan rings is 1. The second-order valence-corrected chi connectivity index (χ2v) is 11.0. The number of pyridine rings is 1. The molecule has 2 aromatic heterocycles. The third kappa shape index (κ3) is 1.75. The first kappa shape index (κ1) is 12.2. The molecule has 19 heavy (non-hydrogen) atoms. The Morgan fingerprint density at radius 3 is 2.47 bits per heavy atom. The quantitative estimate of drug-likeness (QED) is 0.638. The Bertz CT molecular complexity index is 837. The van der Waals surface area contributed by atoms with Crippen molar-refractivity contribution in [3.8, 4) is 0 Å². The molecule has 0 spiro atoms. The molecule has 3 nitrogen and oxygen atoms in total. The third-order valence-corrected chi connectivity index (χ3v) is 5.24. The average molecular weight is 271 g/mol. The normalized spacial score (nSPS) is 12.4. The second-order valence-electron chi connectivity index (χ2n) is 5.98. The molecule has 0 amide bonds. The summed E-state index contributed by atoms with van der Waals surface area (Å²) in [5.41, 5.74) is 1.66. The van der Waals surface area contributed by atoms with Gasteiger partial charge in [0.05, 0.1) is 16.3 Å². The maximum Gasteiger partial charge on any atom is 0.261 e. The molecule has 0 atom stereocenters. The van der Waals surface area contributed by atoms with E-state index in [1.807, 2.05) is 37.4 Å². The van der Waals surface area contributed by atoms with Crippen LogP contribution in [0.25, 0.3) is 21.9 Å². The fourth-order valence-corrected chi connectivity index (χ4v) is 3.35. The summed E-state index contributed by atoms with van der Waals surface area (Å²) >= 11 is 0. The summed E-state index contributed by atoms with van der Waals surface area (Å²) in [4.78, 5) is 12.4. The third-order valence-electron chi connectivity index (χ3n) is 3.52. The molecule has 0 aliphatic heterocycles. The molecule has 0 unspecified atom stereocenters. The van der Waals surface area contributed by atoms with Crippen molar-refractivity contribution in [3.63, 3.8) is 0 Å². The number of fused-ring (bicyclic) bond motifs is 3. The topological polar surface area (TPSA) is 35.1 Å². The van der Waals surface area contributed by atoms with Gasteiger partial charge in [-0.3, -0.25) is 4.79 Å². The smallest absolute Gasteiger partial charge is 0.261 e. The van der Waals surface area contributed by atoms with Crippen LogP contribution in [0.3, 0.4) is 0 Å². The maximum atomic E-state index is 12.4. The number of para-hydroxylation sites is 1. The summed E-state index contributed by atoms with van der Waals surface area (Å²) in [6.45, 7) is 6.66. The number of benzene rings is 1. The standard InChI is InChI=1S/C15H17NO2Si/c1-16-12-8-6-5-7-10(12)14-11(15(16)17)9-13(18-14)19(2,3)4/h5-9H,1-4H3. The lowest BCUT2D eigenvalue weighted by Gasteiger charge is -2.10. The van der Waals surface area contributed by atoms with Crippen LogP contribution in [0, 0.1) is 0 Å². The van der Waals surface area contributed by atoms with Crippen molar-refractivity contribution in [3.05, 3.63) is 40.7 Å². The minimum Gasteiger partial charge on any atom is -0.465 e.